The molecule has 0 amide bonds. The van der Waals surface area contributed by atoms with Crippen LogP contribution in [0.2, 0.25) is 5.02 Å². The number of allylic oxidation sites excluding steroid dienone is 2. The maximum absolute atomic E-state index is 11.8. The molecule has 0 spiro atoms. The molecule has 0 radical (unpaired) electrons. The minimum absolute atomic E-state index is 0.215. The molecule has 0 bridgehead atoms. The van der Waals surface area contributed by atoms with Crippen LogP contribution in [0.1, 0.15) is 11.3 Å². The first-order valence-electron chi connectivity index (χ1n) is 6.13. The summed E-state index contributed by atoms with van der Waals surface area (Å²) >= 11 is 5.76. The lowest BCUT2D eigenvalue weighted by atomic mass is 10.2. The van der Waals surface area contributed by atoms with Gasteiger partial charge in [0.1, 0.15) is 0 Å². The van der Waals surface area contributed by atoms with E-state index in [2.05, 4.69) is 14.7 Å². The monoisotopic (exact) mass is 323 g/mol. The molecule has 21 heavy (non-hydrogen) atoms. The van der Waals surface area contributed by atoms with E-state index in [4.69, 9.17) is 11.6 Å². The van der Waals surface area contributed by atoms with Gasteiger partial charge in [0.25, 0.3) is 0 Å². The van der Waals surface area contributed by atoms with Gasteiger partial charge in [-0.3, -0.25) is 0 Å². The summed E-state index contributed by atoms with van der Waals surface area (Å²) in [6.45, 7) is 0.215. The maximum atomic E-state index is 11.8. The number of rotatable bonds is 6. The molecule has 1 heterocycles. The average molecular weight is 324 g/mol. The lowest BCUT2D eigenvalue weighted by Crippen LogP contribution is -2.20. The Morgan fingerprint density at radius 3 is 2.67 bits per heavy atom. The predicted octanol–water partition coefficient (Wildman–Crippen LogP) is 2.71. The lowest BCUT2D eigenvalue weighted by Gasteiger charge is -2.02. The molecule has 2 aromatic rings. The van der Waals surface area contributed by atoms with Gasteiger partial charge in [0.15, 0.2) is 0 Å². The number of H-pyrrole nitrogens is 1. The standard InChI is InChI=1S/C14H14ClN3O2S/c15-13-6-4-12(5-7-13)9-18-21(19,20)8-2-1-3-14-10-16-11-17-14/h1-8,10-11,18H,9H2,(H,16,17). The lowest BCUT2D eigenvalue weighted by molar-refractivity contribution is 0.590. The van der Waals surface area contributed by atoms with Crippen LogP contribution in [0.4, 0.5) is 0 Å². The highest BCUT2D eigenvalue weighted by Crippen LogP contribution is 2.09. The zero-order valence-electron chi connectivity index (χ0n) is 11.0. The summed E-state index contributed by atoms with van der Waals surface area (Å²) in [5.74, 6) is 0. The highest BCUT2D eigenvalue weighted by Gasteiger charge is 2.04. The summed E-state index contributed by atoms with van der Waals surface area (Å²) in [5, 5.41) is 1.72. The molecule has 0 aliphatic carbocycles. The number of aromatic amines is 1. The van der Waals surface area contributed by atoms with Crippen LogP contribution in [-0.4, -0.2) is 18.4 Å². The van der Waals surface area contributed by atoms with Gasteiger partial charge in [-0.05, 0) is 29.8 Å². The summed E-state index contributed by atoms with van der Waals surface area (Å²) < 4.78 is 26.0. The average Bonchev–Trinajstić information content (AvgIpc) is 2.96. The second-order valence-electron chi connectivity index (χ2n) is 4.17. The predicted molar refractivity (Wildman–Crippen MR) is 84.0 cm³/mol. The third kappa shape index (κ3) is 5.55. The minimum atomic E-state index is -3.47. The van der Waals surface area contributed by atoms with E-state index >= 15 is 0 Å². The highest BCUT2D eigenvalue weighted by molar-refractivity contribution is 7.92. The molecule has 5 nitrogen and oxygen atoms in total. The molecule has 110 valence electrons. The van der Waals surface area contributed by atoms with E-state index in [-0.39, 0.29) is 6.54 Å². The molecule has 0 saturated carbocycles. The van der Waals surface area contributed by atoms with Crippen molar-refractivity contribution in [1.29, 1.82) is 0 Å². The van der Waals surface area contributed by atoms with Gasteiger partial charge < -0.3 is 4.98 Å². The summed E-state index contributed by atoms with van der Waals surface area (Å²) in [5.41, 5.74) is 1.56. The van der Waals surface area contributed by atoms with Gasteiger partial charge in [0, 0.05) is 23.2 Å². The van der Waals surface area contributed by atoms with Gasteiger partial charge in [-0.2, -0.15) is 0 Å². The Morgan fingerprint density at radius 1 is 1.24 bits per heavy atom. The van der Waals surface area contributed by atoms with E-state index in [9.17, 15) is 8.42 Å². The third-order valence-electron chi connectivity index (χ3n) is 2.55. The van der Waals surface area contributed by atoms with Crippen LogP contribution in [0.25, 0.3) is 6.08 Å². The normalized spacial score (nSPS) is 12.4. The molecule has 0 unspecified atom stereocenters. The molecule has 1 aromatic heterocycles. The van der Waals surface area contributed by atoms with Crippen LogP contribution in [0.3, 0.4) is 0 Å². The van der Waals surface area contributed by atoms with Gasteiger partial charge >= 0.3 is 0 Å². The largest absolute Gasteiger partial charge is 0.351 e. The molecule has 2 N–H and O–H groups in total. The topological polar surface area (TPSA) is 74.8 Å². The van der Waals surface area contributed by atoms with Crippen molar-refractivity contribution in [3.8, 4) is 0 Å². The molecule has 0 aliphatic heterocycles. The number of imidazole rings is 1. The summed E-state index contributed by atoms with van der Waals surface area (Å²) in [6.07, 6.45) is 8.00. The van der Waals surface area contributed by atoms with Crippen molar-refractivity contribution in [2.75, 3.05) is 0 Å². The Hall–Kier alpha value is -1.89. The number of halogens is 1. The van der Waals surface area contributed by atoms with Crippen LogP contribution in [-0.2, 0) is 16.6 Å². The van der Waals surface area contributed by atoms with E-state index in [0.29, 0.717) is 5.02 Å². The SMILES string of the molecule is O=S(=O)(C=CC=Cc1c[nH]cn1)NCc1ccc(Cl)cc1. The van der Waals surface area contributed by atoms with Crippen molar-refractivity contribution in [3.63, 3.8) is 0 Å². The highest BCUT2D eigenvalue weighted by atomic mass is 35.5. The third-order valence-corrected chi connectivity index (χ3v) is 3.86. The number of nitrogens with one attached hydrogen (secondary N) is 2. The van der Waals surface area contributed by atoms with Crippen LogP contribution in [0, 0.1) is 0 Å². The Labute approximate surface area is 128 Å². The maximum Gasteiger partial charge on any atom is 0.234 e. The van der Waals surface area contributed by atoms with E-state index in [0.717, 1.165) is 16.7 Å². The fourth-order valence-electron chi connectivity index (χ4n) is 1.50. The summed E-state index contributed by atoms with van der Waals surface area (Å²) in [7, 11) is -3.47. The van der Waals surface area contributed by atoms with Crippen molar-refractivity contribution in [3.05, 3.63) is 70.6 Å². The van der Waals surface area contributed by atoms with Crippen molar-refractivity contribution in [2.45, 2.75) is 6.54 Å². The number of sulfonamides is 1. The number of aromatic nitrogens is 2. The summed E-state index contributed by atoms with van der Waals surface area (Å²) in [6, 6.07) is 6.97. The van der Waals surface area contributed by atoms with E-state index in [1.807, 2.05) is 0 Å². The Bertz CT molecular complexity index is 720. The minimum Gasteiger partial charge on any atom is -0.351 e. The van der Waals surface area contributed by atoms with Crippen molar-refractivity contribution >= 4 is 27.7 Å². The second-order valence-corrected chi connectivity index (χ2v) is 6.26. The molecular weight excluding hydrogens is 310 g/mol. The first kappa shape index (κ1) is 15.5. The number of benzene rings is 1. The van der Waals surface area contributed by atoms with Gasteiger partial charge in [0.2, 0.25) is 10.0 Å². The molecule has 1 aromatic carbocycles. The quantitative estimate of drug-likeness (QED) is 0.803. The zero-order chi connectivity index (χ0) is 15.1. The molecule has 0 saturated heterocycles. The van der Waals surface area contributed by atoms with Gasteiger partial charge in [-0.25, -0.2) is 18.1 Å². The number of hydrogen-bond acceptors (Lipinski definition) is 3. The molecule has 0 atom stereocenters. The Balaban J connectivity index is 1.88. The molecule has 0 fully saturated rings. The Kier molecular flexibility index (Phi) is 5.32. The first-order chi connectivity index (χ1) is 10.1. The second kappa shape index (κ2) is 7.21. The van der Waals surface area contributed by atoms with Crippen LogP contribution in [0.15, 0.2) is 54.3 Å². The summed E-state index contributed by atoms with van der Waals surface area (Å²) in [4.78, 5) is 6.78. The molecule has 0 aliphatic rings. The van der Waals surface area contributed by atoms with E-state index < -0.39 is 10.0 Å². The van der Waals surface area contributed by atoms with Gasteiger partial charge in [-0.1, -0.05) is 29.8 Å². The molecule has 7 heteroatoms. The smallest absolute Gasteiger partial charge is 0.234 e. The fraction of sp³-hybridized carbons (Fsp3) is 0.0714. The molecular formula is C14H14ClN3O2S. The van der Waals surface area contributed by atoms with Crippen LogP contribution < -0.4 is 4.72 Å². The van der Waals surface area contributed by atoms with Crippen molar-refractivity contribution in [1.82, 2.24) is 14.7 Å². The first-order valence-corrected chi connectivity index (χ1v) is 8.05. The molecule has 2 rings (SSSR count). The van der Waals surface area contributed by atoms with Crippen molar-refractivity contribution < 1.29 is 8.42 Å². The van der Waals surface area contributed by atoms with Crippen LogP contribution in [0.5, 0.6) is 0 Å². The number of hydrogen-bond donors (Lipinski definition) is 2. The number of nitrogens with zero attached hydrogens (tertiary/aromatic N) is 1. The van der Waals surface area contributed by atoms with Crippen LogP contribution >= 0.6 is 11.6 Å². The van der Waals surface area contributed by atoms with Gasteiger partial charge in [0.05, 0.1) is 12.0 Å². The van der Waals surface area contributed by atoms with E-state index in [1.54, 1.807) is 48.9 Å². The van der Waals surface area contributed by atoms with Gasteiger partial charge in [-0.15, -0.1) is 0 Å². The van der Waals surface area contributed by atoms with E-state index in [1.165, 1.54) is 6.08 Å². The fourth-order valence-corrected chi connectivity index (χ4v) is 2.39. The Morgan fingerprint density at radius 2 is 2.00 bits per heavy atom. The van der Waals surface area contributed by atoms with Crippen molar-refractivity contribution in [2.24, 2.45) is 0 Å². The zero-order valence-corrected chi connectivity index (χ0v) is 12.6.